The predicted octanol–water partition coefficient (Wildman–Crippen LogP) is 4.01. The molecule has 8 nitrogen and oxygen atoms in total. The summed E-state index contributed by atoms with van der Waals surface area (Å²) in [7, 11) is 0. The van der Waals surface area contributed by atoms with Crippen LogP contribution in [0.3, 0.4) is 0 Å². The van der Waals surface area contributed by atoms with Gasteiger partial charge >= 0.3 is 18.2 Å². The summed E-state index contributed by atoms with van der Waals surface area (Å²) in [6.45, 7) is 4.67. The SMILES string of the molecule is CC(C)(C)OC(=O)NCc1cc(Oc2ccnc(C(=O)O)c2)nc(C(F)(F)F)c1. The van der Waals surface area contributed by atoms with E-state index in [1.54, 1.807) is 20.8 Å². The van der Waals surface area contributed by atoms with Crippen molar-refractivity contribution in [3.8, 4) is 11.6 Å². The van der Waals surface area contributed by atoms with Gasteiger partial charge in [0.05, 0.1) is 0 Å². The summed E-state index contributed by atoms with van der Waals surface area (Å²) in [4.78, 5) is 29.7. The fraction of sp³-hybridized carbons (Fsp3) is 0.333. The molecule has 0 radical (unpaired) electrons. The Bertz CT molecular complexity index is 910. The third kappa shape index (κ3) is 6.94. The van der Waals surface area contributed by atoms with Gasteiger partial charge in [0, 0.05) is 24.9 Å². The minimum atomic E-state index is -4.76. The maximum Gasteiger partial charge on any atom is 0.433 e. The van der Waals surface area contributed by atoms with Crippen molar-refractivity contribution in [3.63, 3.8) is 0 Å². The van der Waals surface area contributed by atoms with Gasteiger partial charge in [0.15, 0.2) is 5.69 Å². The number of nitrogens with one attached hydrogen (secondary N) is 1. The topological polar surface area (TPSA) is 111 Å². The normalized spacial score (nSPS) is 11.7. The number of nitrogens with zero attached hydrogens (tertiary/aromatic N) is 2. The lowest BCUT2D eigenvalue weighted by Gasteiger charge is -2.20. The molecular weight excluding hydrogens is 395 g/mol. The number of alkyl carbamates (subject to hydrolysis) is 1. The lowest BCUT2D eigenvalue weighted by molar-refractivity contribution is -0.141. The first kappa shape index (κ1) is 21.9. The number of ether oxygens (including phenoxy) is 2. The van der Waals surface area contributed by atoms with Crippen LogP contribution in [0.25, 0.3) is 0 Å². The Morgan fingerprint density at radius 1 is 1.17 bits per heavy atom. The summed E-state index contributed by atoms with van der Waals surface area (Å²) in [5, 5.41) is 11.3. The van der Waals surface area contributed by atoms with Gasteiger partial charge in [-0.25, -0.2) is 19.6 Å². The van der Waals surface area contributed by atoms with Gasteiger partial charge in [0.1, 0.15) is 17.0 Å². The number of amides is 1. The quantitative estimate of drug-likeness (QED) is 0.762. The number of carbonyl (C=O) groups is 2. The smallest absolute Gasteiger partial charge is 0.433 e. The van der Waals surface area contributed by atoms with Crippen molar-refractivity contribution in [1.82, 2.24) is 15.3 Å². The van der Waals surface area contributed by atoms with Crippen LogP contribution in [0.1, 0.15) is 42.5 Å². The van der Waals surface area contributed by atoms with Crippen molar-refractivity contribution in [2.45, 2.75) is 39.1 Å². The molecule has 0 spiro atoms. The van der Waals surface area contributed by atoms with Crippen molar-refractivity contribution in [2.24, 2.45) is 0 Å². The number of carboxylic acids is 1. The highest BCUT2D eigenvalue weighted by atomic mass is 19.4. The molecule has 0 unspecified atom stereocenters. The number of aromatic nitrogens is 2. The van der Waals surface area contributed by atoms with Gasteiger partial charge in [-0.05, 0) is 38.5 Å². The maximum atomic E-state index is 13.2. The molecule has 2 rings (SSSR count). The molecule has 0 bridgehead atoms. The van der Waals surface area contributed by atoms with Gasteiger partial charge < -0.3 is 19.9 Å². The largest absolute Gasteiger partial charge is 0.477 e. The Balaban J connectivity index is 2.26. The minimum absolute atomic E-state index is 0.0562. The number of carbonyl (C=O) groups excluding carboxylic acids is 1. The molecule has 2 aromatic rings. The monoisotopic (exact) mass is 413 g/mol. The van der Waals surface area contributed by atoms with Crippen molar-refractivity contribution in [2.75, 3.05) is 0 Å². The van der Waals surface area contributed by atoms with Crippen LogP contribution in [-0.2, 0) is 17.5 Å². The second kappa shape index (κ2) is 8.33. The van der Waals surface area contributed by atoms with E-state index in [2.05, 4.69) is 15.3 Å². The molecule has 0 saturated carbocycles. The van der Waals surface area contributed by atoms with E-state index in [4.69, 9.17) is 14.6 Å². The highest BCUT2D eigenvalue weighted by molar-refractivity contribution is 5.85. The summed E-state index contributed by atoms with van der Waals surface area (Å²) in [5.74, 6) is -1.81. The van der Waals surface area contributed by atoms with E-state index in [9.17, 15) is 22.8 Å². The Hall–Kier alpha value is -3.37. The molecule has 0 aliphatic carbocycles. The molecule has 1 amide bonds. The lowest BCUT2D eigenvalue weighted by Crippen LogP contribution is -2.32. The molecule has 2 aromatic heterocycles. The molecule has 0 aliphatic rings. The third-order valence-corrected chi connectivity index (χ3v) is 3.16. The molecule has 2 heterocycles. The Labute approximate surface area is 163 Å². The highest BCUT2D eigenvalue weighted by Gasteiger charge is 2.33. The zero-order chi connectivity index (χ0) is 21.8. The Morgan fingerprint density at radius 3 is 2.45 bits per heavy atom. The van der Waals surface area contributed by atoms with Crippen LogP contribution < -0.4 is 10.1 Å². The zero-order valence-corrected chi connectivity index (χ0v) is 15.7. The van der Waals surface area contributed by atoms with Crippen LogP contribution in [-0.4, -0.2) is 32.7 Å². The summed E-state index contributed by atoms with van der Waals surface area (Å²) in [5.41, 5.74) is -2.29. The second-order valence-electron chi connectivity index (χ2n) is 6.84. The van der Waals surface area contributed by atoms with Gasteiger partial charge in [-0.1, -0.05) is 0 Å². The van der Waals surface area contributed by atoms with Crippen LogP contribution in [0.2, 0.25) is 0 Å². The van der Waals surface area contributed by atoms with Crippen LogP contribution in [0.5, 0.6) is 11.6 Å². The molecule has 0 aromatic carbocycles. The van der Waals surface area contributed by atoms with Gasteiger partial charge in [-0.3, -0.25) is 0 Å². The van der Waals surface area contributed by atoms with Crippen molar-refractivity contribution < 1.29 is 37.3 Å². The number of hydrogen-bond donors (Lipinski definition) is 2. The molecule has 11 heteroatoms. The van der Waals surface area contributed by atoms with Crippen molar-refractivity contribution in [1.29, 1.82) is 0 Å². The Morgan fingerprint density at radius 2 is 1.86 bits per heavy atom. The highest BCUT2D eigenvalue weighted by Crippen LogP contribution is 2.31. The van der Waals surface area contributed by atoms with E-state index in [1.165, 1.54) is 12.1 Å². The second-order valence-corrected chi connectivity index (χ2v) is 6.84. The van der Waals surface area contributed by atoms with E-state index < -0.39 is 35.4 Å². The molecule has 156 valence electrons. The first-order valence-corrected chi connectivity index (χ1v) is 8.26. The zero-order valence-electron chi connectivity index (χ0n) is 15.7. The van der Waals surface area contributed by atoms with Gasteiger partial charge in [0.2, 0.25) is 5.88 Å². The minimum Gasteiger partial charge on any atom is -0.477 e. The maximum absolute atomic E-state index is 13.2. The van der Waals surface area contributed by atoms with E-state index in [0.717, 1.165) is 18.3 Å². The predicted molar refractivity (Wildman–Crippen MR) is 93.6 cm³/mol. The number of carboxylic acid groups (broad SMARTS) is 1. The lowest BCUT2D eigenvalue weighted by atomic mass is 10.2. The first-order chi connectivity index (χ1) is 13.3. The van der Waals surface area contributed by atoms with E-state index >= 15 is 0 Å². The molecule has 2 N–H and O–H groups in total. The Kier molecular flexibility index (Phi) is 6.30. The van der Waals surface area contributed by atoms with Gasteiger partial charge in [-0.15, -0.1) is 0 Å². The van der Waals surface area contributed by atoms with Gasteiger partial charge in [-0.2, -0.15) is 13.2 Å². The van der Waals surface area contributed by atoms with Crippen LogP contribution in [0.15, 0.2) is 30.5 Å². The fourth-order valence-electron chi connectivity index (χ4n) is 2.06. The number of aromatic carboxylic acids is 1. The number of halogens is 3. The summed E-state index contributed by atoms with van der Waals surface area (Å²) < 4.78 is 49.8. The number of pyridine rings is 2. The fourth-order valence-corrected chi connectivity index (χ4v) is 2.06. The number of hydrogen-bond acceptors (Lipinski definition) is 6. The number of alkyl halides is 3. The standard InChI is InChI=1S/C18H18F3N3O5/c1-17(2,3)29-16(27)23-9-10-6-13(18(19,20)21)24-14(7-10)28-11-4-5-22-12(8-11)15(25)26/h4-8H,9H2,1-3H3,(H,23,27)(H,25,26). The summed E-state index contributed by atoms with van der Waals surface area (Å²) in [6.07, 6.45) is -4.42. The first-order valence-electron chi connectivity index (χ1n) is 8.26. The van der Waals surface area contributed by atoms with Crippen LogP contribution in [0, 0.1) is 0 Å². The van der Waals surface area contributed by atoms with Gasteiger partial charge in [0.25, 0.3) is 0 Å². The molecule has 29 heavy (non-hydrogen) atoms. The molecule has 0 aliphatic heterocycles. The van der Waals surface area contributed by atoms with E-state index in [1.807, 2.05) is 0 Å². The number of rotatable bonds is 5. The molecule has 0 atom stereocenters. The molecule has 0 fully saturated rings. The average molecular weight is 413 g/mol. The van der Waals surface area contributed by atoms with E-state index in [-0.39, 0.29) is 23.6 Å². The molecular formula is C18H18F3N3O5. The van der Waals surface area contributed by atoms with Crippen LogP contribution >= 0.6 is 0 Å². The summed E-state index contributed by atoms with van der Waals surface area (Å²) >= 11 is 0. The average Bonchev–Trinajstić information content (AvgIpc) is 2.58. The summed E-state index contributed by atoms with van der Waals surface area (Å²) in [6, 6.07) is 4.27. The molecule has 0 saturated heterocycles. The van der Waals surface area contributed by atoms with Crippen molar-refractivity contribution in [3.05, 3.63) is 47.4 Å². The van der Waals surface area contributed by atoms with Crippen LogP contribution in [0.4, 0.5) is 18.0 Å². The van der Waals surface area contributed by atoms with E-state index in [0.29, 0.717) is 0 Å². The third-order valence-electron chi connectivity index (χ3n) is 3.16. The van der Waals surface area contributed by atoms with Crippen molar-refractivity contribution >= 4 is 12.1 Å².